The molecule has 0 atom stereocenters. The van der Waals surface area contributed by atoms with Crippen molar-refractivity contribution in [1.82, 2.24) is 4.90 Å². The molecule has 0 aromatic heterocycles. The number of nitrogens with one attached hydrogen (secondary N) is 1. The van der Waals surface area contributed by atoms with Crippen molar-refractivity contribution in [2.45, 2.75) is 0 Å². The normalized spacial score (nSPS) is 10.3. The third kappa shape index (κ3) is 2.88. The molecule has 2 aromatic carbocycles. The van der Waals surface area contributed by atoms with E-state index < -0.39 is 0 Å². The zero-order valence-corrected chi connectivity index (χ0v) is 12.3. The number of amides is 1. The smallest absolute Gasteiger partial charge is 0.241 e. The molecule has 0 saturated heterocycles. The van der Waals surface area contributed by atoms with Gasteiger partial charge in [0.1, 0.15) is 4.99 Å². The number of nitrogens with two attached hydrogens (primary N) is 1. The summed E-state index contributed by atoms with van der Waals surface area (Å²) in [4.78, 5) is 13.6. The second-order valence-electron chi connectivity index (χ2n) is 4.71. The minimum atomic E-state index is 0.0208. The standard InChI is InChI=1S/C15H17N3OS/c1-18(2)14(19)9-17-13-8-7-12(15(16)20)10-5-3-4-6-11(10)13/h3-8,17H,9H2,1-2H3,(H2,16,20). The van der Waals surface area contributed by atoms with Crippen molar-refractivity contribution < 1.29 is 4.79 Å². The molecule has 2 aromatic rings. The highest BCUT2D eigenvalue weighted by atomic mass is 32.1. The Bertz CT molecular complexity index is 667. The summed E-state index contributed by atoms with van der Waals surface area (Å²) in [5.41, 5.74) is 7.49. The lowest BCUT2D eigenvalue weighted by Crippen LogP contribution is -2.28. The van der Waals surface area contributed by atoms with E-state index in [1.165, 1.54) is 0 Å². The lowest BCUT2D eigenvalue weighted by atomic mass is 10.0. The quantitative estimate of drug-likeness (QED) is 0.844. The first-order chi connectivity index (χ1) is 9.50. The highest BCUT2D eigenvalue weighted by Gasteiger charge is 2.09. The SMILES string of the molecule is CN(C)C(=O)CNc1ccc(C(N)=S)c2ccccc12. The van der Waals surface area contributed by atoms with E-state index in [1.54, 1.807) is 19.0 Å². The van der Waals surface area contributed by atoms with Crippen molar-refractivity contribution in [2.24, 2.45) is 5.73 Å². The van der Waals surface area contributed by atoms with Crippen LogP contribution in [0, 0.1) is 0 Å². The van der Waals surface area contributed by atoms with Gasteiger partial charge in [-0.2, -0.15) is 0 Å². The van der Waals surface area contributed by atoms with Gasteiger partial charge in [-0.15, -0.1) is 0 Å². The van der Waals surface area contributed by atoms with Gasteiger partial charge in [-0.25, -0.2) is 0 Å². The fourth-order valence-electron chi connectivity index (χ4n) is 2.00. The molecule has 0 aliphatic heterocycles. The van der Waals surface area contributed by atoms with E-state index in [0.717, 1.165) is 22.0 Å². The summed E-state index contributed by atoms with van der Waals surface area (Å²) in [5.74, 6) is 0.0208. The lowest BCUT2D eigenvalue weighted by molar-refractivity contribution is -0.126. The first-order valence-electron chi connectivity index (χ1n) is 6.26. The van der Waals surface area contributed by atoms with Crippen LogP contribution in [0.4, 0.5) is 5.69 Å². The molecule has 104 valence electrons. The van der Waals surface area contributed by atoms with Crippen LogP contribution in [-0.2, 0) is 4.79 Å². The number of benzene rings is 2. The number of carbonyl (C=O) groups is 1. The van der Waals surface area contributed by atoms with E-state index in [1.807, 2.05) is 36.4 Å². The fourth-order valence-corrected chi connectivity index (χ4v) is 2.18. The lowest BCUT2D eigenvalue weighted by Gasteiger charge is -2.14. The molecule has 0 saturated carbocycles. The van der Waals surface area contributed by atoms with E-state index in [0.29, 0.717) is 4.99 Å². The molecule has 3 N–H and O–H groups in total. The van der Waals surface area contributed by atoms with Crippen LogP contribution in [0.25, 0.3) is 10.8 Å². The number of nitrogens with zero attached hydrogens (tertiary/aromatic N) is 1. The van der Waals surface area contributed by atoms with E-state index in [9.17, 15) is 4.79 Å². The summed E-state index contributed by atoms with van der Waals surface area (Å²) >= 11 is 5.07. The minimum absolute atomic E-state index is 0.0208. The monoisotopic (exact) mass is 287 g/mol. The molecule has 1 amide bonds. The number of rotatable bonds is 4. The van der Waals surface area contributed by atoms with Crippen LogP contribution in [0.3, 0.4) is 0 Å². The summed E-state index contributed by atoms with van der Waals surface area (Å²) in [5, 5.41) is 5.15. The van der Waals surface area contributed by atoms with Gasteiger partial charge < -0.3 is 16.0 Å². The predicted octanol–water partition coefficient (Wildman–Crippen LogP) is 1.97. The number of thiocarbonyl (C=S) groups is 1. The Morgan fingerprint density at radius 2 is 1.85 bits per heavy atom. The molecular formula is C15H17N3OS. The Morgan fingerprint density at radius 3 is 2.45 bits per heavy atom. The van der Waals surface area contributed by atoms with E-state index >= 15 is 0 Å². The number of fused-ring (bicyclic) bond motifs is 1. The predicted molar refractivity (Wildman–Crippen MR) is 87.0 cm³/mol. The summed E-state index contributed by atoms with van der Waals surface area (Å²) < 4.78 is 0. The fraction of sp³-hybridized carbons (Fsp3) is 0.200. The van der Waals surface area contributed by atoms with Crippen LogP contribution < -0.4 is 11.1 Å². The first kappa shape index (κ1) is 14.3. The molecule has 0 aliphatic rings. The van der Waals surface area contributed by atoms with E-state index in [-0.39, 0.29) is 12.5 Å². The van der Waals surface area contributed by atoms with Crippen molar-refractivity contribution in [1.29, 1.82) is 0 Å². The third-order valence-corrected chi connectivity index (χ3v) is 3.34. The maximum Gasteiger partial charge on any atom is 0.241 e. The molecule has 0 aliphatic carbocycles. The Hall–Kier alpha value is -2.14. The molecule has 0 fully saturated rings. The molecule has 0 heterocycles. The highest BCUT2D eigenvalue weighted by molar-refractivity contribution is 7.80. The molecule has 0 bridgehead atoms. The van der Waals surface area contributed by atoms with Gasteiger partial charge in [-0.3, -0.25) is 4.79 Å². The van der Waals surface area contributed by atoms with Crippen LogP contribution in [0.15, 0.2) is 36.4 Å². The maximum absolute atomic E-state index is 11.7. The Morgan fingerprint density at radius 1 is 1.20 bits per heavy atom. The van der Waals surface area contributed by atoms with Crippen molar-refractivity contribution in [3.05, 3.63) is 42.0 Å². The van der Waals surface area contributed by atoms with Crippen LogP contribution in [0.2, 0.25) is 0 Å². The molecule has 2 rings (SSSR count). The van der Waals surface area contributed by atoms with E-state index in [4.69, 9.17) is 18.0 Å². The maximum atomic E-state index is 11.7. The van der Waals surface area contributed by atoms with Crippen LogP contribution in [0.1, 0.15) is 5.56 Å². The molecular weight excluding hydrogens is 270 g/mol. The van der Waals surface area contributed by atoms with Gasteiger partial charge in [-0.1, -0.05) is 36.5 Å². The van der Waals surface area contributed by atoms with E-state index in [2.05, 4.69) is 5.32 Å². The molecule has 5 heteroatoms. The van der Waals surface area contributed by atoms with Crippen LogP contribution >= 0.6 is 12.2 Å². The van der Waals surface area contributed by atoms with Crippen molar-refractivity contribution in [3.8, 4) is 0 Å². The molecule has 0 spiro atoms. The number of carbonyl (C=O) groups excluding carboxylic acids is 1. The third-order valence-electron chi connectivity index (χ3n) is 3.12. The summed E-state index contributed by atoms with van der Waals surface area (Å²) in [6.07, 6.45) is 0. The van der Waals surface area contributed by atoms with Crippen LogP contribution in [0.5, 0.6) is 0 Å². The zero-order valence-electron chi connectivity index (χ0n) is 11.5. The Balaban J connectivity index is 2.38. The van der Waals surface area contributed by atoms with Gasteiger partial charge >= 0.3 is 0 Å². The van der Waals surface area contributed by atoms with Crippen molar-refractivity contribution >= 4 is 39.6 Å². The molecule has 20 heavy (non-hydrogen) atoms. The first-order valence-corrected chi connectivity index (χ1v) is 6.67. The summed E-state index contributed by atoms with van der Waals surface area (Å²) in [6.45, 7) is 0.253. The second-order valence-corrected chi connectivity index (χ2v) is 5.15. The number of anilines is 1. The van der Waals surface area contributed by atoms with Gasteiger partial charge in [0.05, 0.1) is 6.54 Å². The van der Waals surface area contributed by atoms with Gasteiger partial charge in [0.25, 0.3) is 0 Å². The number of likely N-dealkylation sites (N-methyl/N-ethyl adjacent to an activating group) is 1. The molecule has 0 unspecified atom stereocenters. The van der Waals surface area contributed by atoms with Gasteiger partial charge in [0.15, 0.2) is 0 Å². The average molecular weight is 287 g/mol. The number of hydrogen-bond acceptors (Lipinski definition) is 3. The molecule has 4 nitrogen and oxygen atoms in total. The topological polar surface area (TPSA) is 58.4 Å². The van der Waals surface area contributed by atoms with Crippen molar-refractivity contribution in [3.63, 3.8) is 0 Å². The highest BCUT2D eigenvalue weighted by Crippen LogP contribution is 2.26. The summed E-state index contributed by atoms with van der Waals surface area (Å²) in [7, 11) is 3.47. The second kappa shape index (κ2) is 5.88. The summed E-state index contributed by atoms with van der Waals surface area (Å²) in [6, 6.07) is 11.6. The molecule has 0 radical (unpaired) electrons. The Labute approximate surface area is 123 Å². The van der Waals surface area contributed by atoms with Crippen molar-refractivity contribution in [2.75, 3.05) is 26.0 Å². The zero-order chi connectivity index (χ0) is 14.7. The largest absolute Gasteiger partial charge is 0.389 e. The number of hydrogen-bond donors (Lipinski definition) is 2. The van der Waals surface area contributed by atoms with Gasteiger partial charge in [0.2, 0.25) is 5.91 Å². The van der Waals surface area contributed by atoms with Crippen LogP contribution in [-0.4, -0.2) is 36.4 Å². The average Bonchev–Trinajstić information content (AvgIpc) is 2.43. The van der Waals surface area contributed by atoms with Gasteiger partial charge in [0, 0.05) is 30.7 Å². The Kier molecular flexibility index (Phi) is 4.20. The minimum Gasteiger partial charge on any atom is -0.389 e. The van der Waals surface area contributed by atoms with Gasteiger partial charge in [-0.05, 0) is 17.5 Å².